The van der Waals surface area contributed by atoms with Crippen LogP contribution in [0, 0.1) is 17.0 Å². The topological polar surface area (TPSA) is 32.3 Å². The highest BCUT2D eigenvalue weighted by Gasteiger charge is 2.28. The molecule has 2 N–H and O–H groups in total. The van der Waals surface area contributed by atoms with Crippen LogP contribution in [0.1, 0.15) is 44.3 Å². The molecule has 1 fully saturated rings. The first kappa shape index (κ1) is 14.4. The maximum absolute atomic E-state index is 13.1. The Bertz CT molecular complexity index is 430. The molecule has 4 heteroatoms. The number of rotatable bonds is 5. The van der Waals surface area contributed by atoms with Crippen molar-refractivity contribution in [3.63, 3.8) is 0 Å². The number of hydrogen-bond donors (Lipinski definition) is 2. The lowest BCUT2D eigenvalue weighted by atomic mass is 9.89. The third-order valence-corrected chi connectivity index (χ3v) is 4.03. The zero-order valence-corrected chi connectivity index (χ0v) is 11.3. The molecule has 0 bridgehead atoms. The van der Waals surface area contributed by atoms with Crippen LogP contribution in [0.2, 0.25) is 0 Å². The van der Waals surface area contributed by atoms with E-state index < -0.39 is 17.7 Å². The standard InChI is InChI=1S/C15H21F2NO/c1-15(6-2-3-7-15)10-18-9-14(19)11-4-5-12(16)13(17)8-11/h4-5,8,14,18-19H,2-3,6-7,9-10H2,1H3. The van der Waals surface area contributed by atoms with Crippen molar-refractivity contribution in [2.45, 2.75) is 38.7 Å². The maximum atomic E-state index is 13.1. The smallest absolute Gasteiger partial charge is 0.159 e. The molecule has 1 unspecified atom stereocenters. The van der Waals surface area contributed by atoms with E-state index in [1.54, 1.807) is 0 Å². The fraction of sp³-hybridized carbons (Fsp3) is 0.600. The summed E-state index contributed by atoms with van der Waals surface area (Å²) in [6.07, 6.45) is 4.15. The summed E-state index contributed by atoms with van der Waals surface area (Å²) in [4.78, 5) is 0. The largest absolute Gasteiger partial charge is 0.387 e. The summed E-state index contributed by atoms with van der Waals surface area (Å²) < 4.78 is 25.9. The molecule has 1 aliphatic rings. The normalized spacial score (nSPS) is 19.6. The van der Waals surface area contributed by atoms with Crippen LogP contribution in [0.4, 0.5) is 8.78 Å². The van der Waals surface area contributed by atoms with Gasteiger partial charge >= 0.3 is 0 Å². The third-order valence-electron chi connectivity index (χ3n) is 4.03. The molecular formula is C15H21F2NO. The van der Waals surface area contributed by atoms with Crippen LogP contribution < -0.4 is 5.32 Å². The lowest BCUT2D eigenvalue weighted by molar-refractivity contribution is 0.166. The Morgan fingerprint density at radius 3 is 2.58 bits per heavy atom. The molecule has 0 aliphatic heterocycles. The van der Waals surface area contributed by atoms with Gasteiger partial charge < -0.3 is 10.4 Å². The molecule has 19 heavy (non-hydrogen) atoms. The van der Waals surface area contributed by atoms with Gasteiger partial charge in [-0.15, -0.1) is 0 Å². The van der Waals surface area contributed by atoms with Crippen molar-refractivity contribution in [2.24, 2.45) is 5.41 Å². The predicted molar refractivity (Wildman–Crippen MR) is 70.8 cm³/mol. The van der Waals surface area contributed by atoms with Crippen molar-refractivity contribution in [1.82, 2.24) is 5.32 Å². The van der Waals surface area contributed by atoms with E-state index in [0.29, 0.717) is 17.5 Å². The van der Waals surface area contributed by atoms with E-state index in [2.05, 4.69) is 12.2 Å². The predicted octanol–water partition coefficient (Wildman–Crippen LogP) is 3.17. The molecule has 0 radical (unpaired) electrons. The minimum Gasteiger partial charge on any atom is -0.387 e. The first-order valence-corrected chi connectivity index (χ1v) is 6.84. The average Bonchev–Trinajstić information content (AvgIpc) is 2.79. The van der Waals surface area contributed by atoms with Gasteiger partial charge in [-0.2, -0.15) is 0 Å². The van der Waals surface area contributed by atoms with Crippen molar-refractivity contribution >= 4 is 0 Å². The zero-order chi connectivity index (χ0) is 13.9. The van der Waals surface area contributed by atoms with Gasteiger partial charge in [-0.1, -0.05) is 25.8 Å². The van der Waals surface area contributed by atoms with Crippen LogP contribution in [0.3, 0.4) is 0 Å². The molecule has 2 nitrogen and oxygen atoms in total. The molecule has 1 aliphatic carbocycles. The summed E-state index contributed by atoms with van der Waals surface area (Å²) in [5.41, 5.74) is 0.719. The van der Waals surface area contributed by atoms with E-state index in [0.717, 1.165) is 18.7 Å². The maximum Gasteiger partial charge on any atom is 0.159 e. The summed E-state index contributed by atoms with van der Waals surface area (Å²) in [5, 5.41) is 13.2. The van der Waals surface area contributed by atoms with Crippen LogP contribution in [-0.2, 0) is 0 Å². The van der Waals surface area contributed by atoms with Crippen LogP contribution in [-0.4, -0.2) is 18.2 Å². The van der Waals surface area contributed by atoms with Crippen molar-refractivity contribution in [2.75, 3.05) is 13.1 Å². The highest BCUT2D eigenvalue weighted by Crippen LogP contribution is 2.36. The molecule has 1 aromatic carbocycles. The molecule has 0 amide bonds. The van der Waals surface area contributed by atoms with Gasteiger partial charge in [0.15, 0.2) is 11.6 Å². The van der Waals surface area contributed by atoms with Crippen LogP contribution in [0.25, 0.3) is 0 Å². The number of nitrogens with one attached hydrogen (secondary N) is 1. The second-order valence-electron chi connectivity index (χ2n) is 5.84. The van der Waals surface area contributed by atoms with Crippen LogP contribution in [0.5, 0.6) is 0 Å². The highest BCUT2D eigenvalue weighted by molar-refractivity contribution is 5.20. The van der Waals surface area contributed by atoms with Gasteiger partial charge in [-0.3, -0.25) is 0 Å². The summed E-state index contributed by atoms with van der Waals surface area (Å²) in [5.74, 6) is -1.80. The summed E-state index contributed by atoms with van der Waals surface area (Å²) in [7, 11) is 0. The average molecular weight is 269 g/mol. The summed E-state index contributed by atoms with van der Waals surface area (Å²) >= 11 is 0. The monoisotopic (exact) mass is 269 g/mol. The quantitative estimate of drug-likeness (QED) is 0.860. The summed E-state index contributed by atoms with van der Waals surface area (Å²) in [6.45, 7) is 3.46. The molecule has 0 heterocycles. The molecule has 0 aromatic heterocycles. The van der Waals surface area contributed by atoms with E-state index >= 15 is 0 Å². The van der Waals surface area contributed by atoms with E-state index in [9.17, 15) is 13.9 Å². The van der Waals surface area contributed by atoms with Gasteiger partial charge in [-0.05, 0) is 36.0 Å². The molecule has 1 aromatic rings. The molecule has 1 atom stereocenters. The number of benzene rings is 1. The Kier molecular flexibility index (Phi) is 4.53. The Labute approximate surface area is 112 Å². The molecular weight excluding hydrogens is 248 g/mol. The molecule has 2 rings (SSSR count). The van der Waals surface area contributed by atoms with Gasteiger partial charge in [0.2, 0.25) is 0 Å². The lowest BCUT2D eigenvalue weighted by Gasteiger charge is -2.24. The SMILES string of the molecule is CC1(CNCC(O)c2ccc(F)c(F)c2)CCCC1. The van der Waals surface area contributed by atoms with Crippen LogP contribution >= 0.6 is 0 Å². The second kappa shape index (κ2) is 5.97. The van der Waals surface area contributed by atoms with Crippen molar-refractivity contribution in [1.29, 1.82) is 0 Å². The minimum absolute atomic E-state index is 0.313. The van der Waals surface area contributed by atoms with Gasteiger partial charge in [0.25, 0.3) is 0 Å². The third kappa shape index (κ3) is 3.74. The first-order valence-electron chi connectivity index (χ1n) is 6.84. The Hall–Kier alpha value is -1.00. The molecule has 0 saturated heterocycles. The van der Waals surface area contributed by atoms with Crippen molar-refractivity contribution in [3.8, 4) is 0 Å². The zero-order valence-electron chi connectivity index (χ0n) is 11.3. The fourth-order valence-electron chi connectivity index (χ4n) is 2.75. The number of aliphatic hydroxyl groups is 1. The number of aliphatic hydroxyl groups excluding tert-OH is 1. The van der Waals surface area contributed by atoms with Crippen molar-refractivity contribution < 1.29 is 13.9 Å². The Balaban J connectivity index is 1.83. The van der Waals surface area contributed by atoms with E-state index in [4.69, 9.17) is 0 Å². The number of halogens is 2. The van der Waals surface area contributed by atoms with E-state index in [1.807, 2.05) is 0 Å². The van der Waals surface area contributed by atoms with Gasteiger partial charge in [-0.25, -0.2) is 8.78 Å². The summed E-state index contributed by atoms with van der Waals surface area (Å²) in [6, 6.07) is 3.52. The lowest BCUT2D eigenvalue weighted by Crippen LogP contribution is -2.32. The Morgan fingerprint density at radius 1 is 1.26 bits per heavy atom. The highest BCUT2D eigenvalue weighted by atomic mass is 19.2. The van der Waals surface area contributed by atoms with Crippen LogP contribution in [0.15, 0.2) is 18.2 Å². The Morgan fingerprint density at radius 2 is 1.95 bits per heavy atom. The first-order chi connectivity index (χ1) is 9.00. The van der Waals surface area contributed by atoms with Gasteiger partial charge in [0.05, 0.1) is 6.10 Å². The fourth-order valence-corrected chi connectivity index (χ4v) is 2.75. The molecule has 0 spiro atoms. The van der Waals surface area contributed by atoms with Gasteiger partial charge in [0.1, 0.15) is 0 Å². The van der Waals surface area contributed by atoms with E-state index in [1.165, 1.54) is 31.7 Å². The number of hydrogen-bond acceptors (Lipinski definition) is 2. The molecule has 106 valence electrons. The van der Waals surface area contributed by atoms with Gasteiger partial charge in [0, 0.05) is 13.1 Å². The van der Waals surface area contributed by atoms with E-state index in [-0.39, 0.29) is 0 Å². The molecule has 1 saturated carbocycles. The minimum atomic E-state index is -0.917. The van der Waals surface area contributed by atoms with Crippen molar-refractivity contribution in [3.05, 3.63) is 35.4 Å². The second-order valence-corrected chi connectivity index (χ2v) is 5.84.